The fourth-order valence-electron chi connectivity index (χ4n) is 1.59. The molecule has 5 nitrogen and oxygen atoms in total. The Labute approximate surface area is 107 Å². The van der Waals surface area contributed by atoms with E-state index in [2.05, 4.69) is 12.2 Å². The molecule has 0 radical (unpaired) electrons. The quantitative estimate of drug-likeness (QED) is 0.460. The van der Waals surface area contributed by atoms with Crippen molar-refractivity contribution in [2.45, 2.75) is 39.8 Å². The van der Waals surface area contributed by atoms with Crippen molar-refractivity contribution in [2.75, 3.05) is 6.54 Å². The number of nitro benzene ring substituents is 1. The number of nitrogens with one attached hydrogen (secondary N) is 1. The molecule has 0 aromatic heterocycles. The molecule has 0 unspecified atom stereocenters. The molecule has 0 saturated heterocycles. The lowest BCUT2D eigenvalue weighted by Gasteiger charge is -2.14. The highest BCUT2D eigenvalue weighted by Gasteiger charge is 2.12. The molecule has 100 valence electrons. The zero-order chi connectivity index (χ0) is 13.5. The summed E-state index contributed by atoms with van der Waals surface area (Å²) < 4.78 is 5.65. The van der Waals surface area contributed by atoms with Gasteiger partial charge in [-0.3, -0.25) is 10.1 Å². The lowest BCUT2D eigenvalue weighted by molar-refractivity contribution is -0.384. The average molecular weight is 252 g/mol. The Morgan fingerprint density at radius 1 is 1.44 bits per heavy atom. The van der Waals surface area contributed by atoms with Gasteiger partial charge in [0.2, 0.25) is 0 Å². The van der Waals surface area contributed by atoms with Crippen LogP contribution in [0.1, 0.15) is 32.8 Å². The van der Waals surface area contributed by atoms with E-state index in [1.807, 2.05) is 13.8 Å². The second-order valence-corrected chi connectivity index (χ2v) is 4.39. The lowest BCUT2D eigenvalue weighted by Crippen LogP contribution is -2.16. The normalized spacial score (nSPS) is 10.7. The first-order valence-electron chi connectivity index (χ1n) is 6.19. The summed E-state index contributed by atoms with van der Waals surface area (Å²) in [6, 6.07) is 4.71. The fourth-order valence-corrected chi connectivity index (χ4v) is 1.59. The van der Waals surface area contributed by atoms with Crippen LogP contribution in [0.2, 0.25) is 0 Å². The molecule has 1 rings (SSSR count). The molecule has 5 heteroatoms. The van der Waals surface area contributed by atoms with E-state index in [1.165, 1.54) is 6.07 Å². The first-order valence-corrected chi connectivity index (χ1v) is 6.19. The van der Waals surface area contributed by atoms with Gasteiger partial charge in [-0.15, -0.1) is 0 Å². The minimum atomic E-state index is -0.386. The van der Waals surface area contributed by atoms with Crippen LogP contribution >= 0.6 is 0 Å². The van der Waals surface area contributed by atoms with Gasteiger partial charge in [-0.1, -0.05) is 6.92 Å². The Hall–Kier alpha value is -1.62. The van der Waals surface area contributed by atoms with Crippen molar-refractivity contribution in [3.05, 3.63) is 33.9 Å². The maximum absolute atomic E-state index is 10.8. The molecule has 0 bridgehead atoms. The number of non-ortho nitro benzene ring substituents is 1. The predicted octanol–water partition coefficient (Wildman–Crippen LogP) is 2.88. The van der Waals surface area contributed by atoms with Crippen LogP contribution in [0.5, 0.6) is 5.75 Å². The Kier molecular flexibility index (Phi) is 5.58. The van der Waals surface area contributed by atoms with E-state index in [9.17, 15) is 10.1 Å². The second kappa shape index (κ2) is 6.96. The monoisotopic (exact) mass is 252 g/mol. The zero-order valence-electron chi connectivity index (χ0n) is 11.1. The van der Waals surface area contributed by atoms with Crippen molar-refractivity contribution < 1.29 is 9.66 Å². The smallest absolute Gasteiger partial charge is 0.270 e. The van der Waals surface area contributed by atoms with Gasteiger partial charge in [0.1, 0.15) is 5.75 Å². The van der Waals surface area contributed by atoms with E-state index < -0.39 is 0 Å². The highest BCUT2D eigenvalue weighted by molar-refractivity contribution is 5.43. The third-order valence-electron chi connectivity index (χ3n) is 2.36. The van der Waals surface area contributed by atoms with Crippen LogP contribution in [0.25, 0.3) is 0 Å². The maximum Gasteiger partial charge on any atom is 0.270 e. The third kappa shape index (κ3) is 4.33. The summed E-state index contributed by atoms with van der Waals surface area (Å²) in [5.74, 6) is 0.708. The van der Waals surface area contributed by atoms with E-state index in [0.29, 0.717) is 12.3 Å². The molecule has 0 aliphatic carbocycles. The van der Waals surface area contributed by atoms with Crippen LogP contribution < -0.4 is 10.1 Å². The molecule has 0 spiro atoms. The van der Waals surface area contributed by atoms with Crippen molar-refractivity contribution in [1.29, 1.82) is 0 Å². The van der Waals surface area contributed by atoms with Crippen LogP contribution in [0.15, 0.2) is 18.2 Å². The molecule has 1 aromatic carbocycles. The van der Waals surface area contributed by atoms with Gasteiger partial charge in [-0.05, 0) is 32.9 Å². The van der Waals surface area contributed by atoms with Crippen LogP contribution in [0.4, 0.5) is 5.69 Å². The largest absolute Gasteiger partial charge is 0.491 e. The number of nitro groups is 1. The molecule has 0 aliphatic rings. The standard InChI is InChI=1S/C13H20N2O3/c1-4-7-14-9-11-8-12(15(16)17)5-6-13(11)18-10(2)3/h5-6,8,10,14H,4,7,9H2,1-3H3. The summed E-state index contributed by atoms with van der Waals surface area (Å²) in [5, 5.41) is 14.0. The van der Waals surface area contributed by atoms with E-state index in [0.717, 1.165) is 18.5 Å². The van der Waals surface area contributed by atoms with Crippen molar-refractivity contribution in [3.8, 4) is 5.75 Å². The van der Waals surface area contributed by atoms with E-state index in [1.54, 1.807) is 12.1 Å². The van der Waals surface area contributed by atoms with Gasteiger partial charge in [-0.2, -0.15) is 0 Å². The van der Waals surface area contributed by atoms with Gasteiger partial charge < -0.3 is 10.1 Å². The lowest BCUT2D eigenvalue weighted by atomic mass is 10.1. The number of rotatable bonds is 7. The Balaban J connectivity index is 2.90. The summed E-state index contributed by atoms with van der Waals surface area (Å²) in [7, 11) is 0. The molecule has 0 amide bonds. The van der Waals surface area contributed by atoms with Gasteiger partial charge in [0.15, 0.2) is 0 Å². The molecule has 0 aliphatic heterocycles. The number of hydrogen-bond donors (Lipinski definition) is 1. The highest BCUT2D eigenvalue weighted by atomic mass is 16.6. The second-order valence-electron chi connectivity index (χ2n) is 4.39. The van der Waals surface area contributed by atoms with Crippen molar-refractivity contribution in [3.63, 3.8) is 0 Å². The summed E-state index contributed by atoms with van der Waals surface area (Å²) in [6.07, 6.45) is 1.08. The molecule has 0 saturated carbocycles. The minimum absolute atomic E-state index is 0.0522. The van der Waals surface area contributed by atoms with E-state index in [-0.39, 0.29) is 16.7 Å². The Bertz CT molecular complexity index is 405. The van der Waals surface area contributed by atoms with Crippen LogP contribution in [0, 0.1) is 10.1 Å². The van der Waals surface area contributed by atoms with Gasteiger partial charge in [0, 0.05) is 24.2 Å². The Morgan fingerprint density at radius 2 is 2.17 bits per heavy atom. The average Bonchev–Trinajstić information content (AvgIpc) is 2.30. The summed E-state index contributed by atoms with van der Waals surface area (Å²) >= 11 is 0. The molecule has 1 N–H and O–H groups in total. The minimum Gasteiger partial charge on any atom is -0.491 e. The summed E-state index contributed by atoms with van der Waals surface area (Å²) in [4.78, 5) is 10.4. The van der Waals surface area contributed by atoms with Gasteiger partial charge in [-0.25, -0.2) is 0 Å². The maximum atomic E-state index is 10.8. The molecule has 0 heterocycles. The van der Waals surface area contributed by atoms with E-state index in [4.69, 9.17) is 4.74 Å². The fraction of sp³-hybridized carbons (Fsp3) is 0.538. The van der Waals surface area contributed by atoms with Gasteiger partial charge >= 0.3 is 0 Å². The molecular weight excluding hydrogens is 232 g/mol. The SMILES string of the molecule is CCCNCc1cc([N+](=O)[O-])ccc1OC(C)C. The van der Waals surface area contributed by atoms with Crippen molar-refractivity contribution in [2.24, 2.45) is 0 Å². The van der Waals surface area contributed by atoms with Gasteiger partial charge in [0.05, 0.1) is 11.0 Å². The highest BCUT2D eigenvalue weighted by Crippen LogP contribution is 2.25. The molecule has 0 fully saturated rings. The number of benzene rings is 1. The summed E-state index contributed by atoms with van der Waals surface area (Å²) in [5.41, 5.74) is 0.922. The summed E-state index contributed by atoms with van der Waals surface area (Å²) in [6.45, 7) is 7.41. The first-order chi connectivity index (χ1) is 8.54. The number of ether oxygens (including phenoxy) is 1. The first kappa shape index (κ1) is 14.4. The predicted molar refractivity (Wildman–Crippen MR) is 70.9 cm³/mol. The number of hydrogen-bond acceptors (Lipinski definition) is 4. The van der Waals surface area contributed by atoms with Crippen molar-refractivity contribution in [1.82, 2.24) is 5.32 Å². The van der Waals surface area contributed by atoms with Crippen LogP contribution in [0.3, 0.4) is 0 Å². The van der Waals surface area contributed by atoms with E-state index >= 15 is 0 Å². The van der Waals surface area contributed by atoms with Crippen molar-refractivity contribution >= 4 is 5.69 Å². The topological polar surface area (TPSA) is 64.4 Å². The van der Waals surface area contributed by atoms with Crippen LogP contribution in [-0.4, -0.2) is 17.6 Å². The van der Waals surface area contributed by atoms with Gasteiger partial charge in [0.25, 0.3) is 5.69 Å². The molecule has 1 aromatic rings. The Morgan fingerprint density at radius 3 is 2.72 bits per heavy atom. The zero-order valence-corrected chi connectivity index (χ0v) is 11.1. The third-order valence-corrected chi connectivity index (χ3v) is 2.36. The molecule has 18 heavy (non-hydrogen) atoms. The number of nitrogens with zero attached hydrogens (tertiary/aromatic N) is 1. The molecular formula is C13H20N2O3. The molecule has 0 atom stereocenters. The van der Waals surface area contributed by atoms with Crippen LogP contribution in [-0.2, 0) is 6.54 Å².